The highest BCUT2D eigenvalue weighted by atomic mass is 79.9. The predicted octanol–water partition coefficient (Wildman–Crippen LogP) is 1.08. The van der Waals surface area contributed by atoms with Crippen molar-refractivity contribution >= 4 is 21.8 Å². The second-order valence-electron chi connectivity index (χ2n) is 2.92. The standard InChI is InChI=1S/C10H10BrN3O2/c11-8-1-2-9(7(5-8)6-12)16-4-3-10(15)14-13/h1-2,5H,3-4,13H2,(H,14,15). The number of nitrogens with zero attached hydrogens (tertiary/aromatic N) is 1. The maximum absolute atomic E-state index is 10.8. The minimum Gasteiger partial charge on any atom is -0.492 e. The molecule has 1 rings (SSSR count). The van der Waals surface area contributed by atoms with E-state index in [1.165, 1.54) is 0 Å². The minimum atomic E-state index is -0.310. The SMILES string of the molecule is N#Cc1cc(Br)ccc1OCCC(=O)NN. The second kappa shape index (κ2) is 6.10. The molecule has 0 bridgehead atoms. The van der Waals surface area contributed by atoms with Crippen molar-refractivity contribution in [3.8, 4) is 11.8 Å². The molecule has 16 heavy (non-hydrogen) atoms. The smallest absolute Gasteiger partial charge is 0.237 e. The largest absolute Gasteiger partial charge is 0.492 e. The van der Waals surface area contributed by atoms with Gasteiger partial charge in [0.05, 0.1) is 18.6 Å². The Labute approximate surface area is 101 Å². The molecule has 0 atom stereocenters. The molecule has 0 aliphatic heterocycles. The molecule has 0 saturated carbocycles. The summed E-state index contributed by atoms with van der Waals surface area (Å²) in [6, 6.07) is 7.09. The highest BCUT2D eigenvalue weighted by Gasteiger charge is 2.05. The minimum absolute atomic E-state index is 0.150. The van der Waals surface area contributed by atoms with Crippen molar-refractivity contribution in [3.05, 3.63) is 28.2 Å². The predicted molar refractivity (Wildman–Crippen MR) is 61.3 cm³/mol. The van der Waals surface area contributed by atoms with Crippen LogP contribution in [0.3, 0.4) is 0 Å². The number of benzene rings is 1. The van der Waals surface area contributed by atoms with Crippen molar-refractivity contribution in [2.24, 2.45) is 5.84 Å². The molecule has 0 aromatic heterocycles. The Morgan fingerprint density at radius 1 is 1.62 bits per heavy atom. The van der Waals surface area contributed by atoms with E-state index in [-0.39, 0.29) is 18.9 Å². The molecular formula is C10H10BrN3O2. The number of nitrogens with two attached hydrogens (primary N) is 1. The number of amides is 1. The van der Waals surface area contributed by atoms with Gasteiger partial charge in [-0.1, -0.05) is 15.9 Å². The summed E-state index contributed by atoms with van der Waals surface area (Å²) in [6.07, 6.45) is 0.150. The molecule has 0 saturated heterocycles. The van der Waals surface area contributed by atoms with Crippen LogP contribution in [0.25, 0.3) is 0 Å². The molecular weight excluding hydrogens is 274 g/mol. The molecule has 0 radical (unpaired) electrons. The van der Waals surface area contributed by atoms with Crippen molar-refractivity contribution < 1.29 is 9.53 Å². The van der Waals surface area contributed by atoms with Crippen LogP contribution in [0, 0.1) is 11.3 Å². The first-order chi connectivity index (χ1) is 7.67. The number of hydrogen-bond donors (Lipinski definition) is 2. The van der Waals surface area contributed by atoms with Crippen LogP contribution in [0.4, 0.5) is 0 Å². The third kappa shape index (κ3) is 3.53. The lowest BCUT2D eigenvalue weighted by molar-refractivity contribution is -0.121. The molecule has 1 aromatic carbocycles. The molecule has 1 aromatic rings. The van der Waals surface area contributed by atoms with Crippen LogP contribution in [-0.2, 0) is 4.79 Å². The molecule has 3 N–H and O–H groups in total. The Balaban J connectivity index is 2.61. The molecule has 6 heteroatoms. The normalized spacial score (nSPS) is 9.31. The van der Waals surface area contributed by atoms with E-state index in [4.69, 9.17) is 15.8 Å². The van der Waals surface area contributed by atoms with Crippen molar-refractivity contribution in [3.63, 3.8) is 0 Å². The first kappa shape index (κ1) is 12.5. The number of nitriles is 1. The van der Waals surface area contributed by atoms with Crippen molar-refractivity contribution in [2.45, 2.75) is 6.42 Å². The van der Waals surface area contributed by atoms with Crippen molar-refractivity contribution in [1.82, 2.24) is 5.43 Å². The molecule has 0 heterocycles. The van der Waals surface area contributed by atoms with Crippen LogP contribution in [0.1, 0.15) is 12.0 Å². The zero-order chi connectivity index (χ0) is 12.0. The fraction of sp³-hybridized carbons (Fsp3) is 0.200. The summed E-state index contributed by atoms with van der Waals surface area (Å²) in [5.74, 6) is 5.06. The summed E-state index contributed by atoms with van der Waals surface area (Å²) in [5.41, 5.74) is 2.42. The zero-order valence-corrected chi connectivity index (χ0v) is 9.95. The Morgan fingerprint density at radius 2 is 2.38 bits per heavy atom. The zero-order valence-electron chi connectivity index (χ0n) is 8.37. The number of hydrogen-bond acceptors (Lipinski definition) is 4. The number of nitrogens with one attached hydrogen (secondary N) is 1. The summed E-state index contributed by atoms with van der Waals surface area (Å²) in [7, 11) is 0. The van der Waals surface area contributed by atoms with Crippen LogP contribution in [-0.4, -0.2) is 12.5 Å². The Kier molecular flexibility index (Phi) is 4.76. The van der Waals surface area contributed by atoms with Crippen molar-refractivity contribution in [2.75, 3.05) is 6.61 Å². The van der Waals surface area contributed by atoms with E-state index in [0.29, 0.717) is 11.3 Å². The lowest BCUT2D eigenvalue weighted by atomic mass is 10.2. The average molecular weight is 284 g/mol. The summed E-state index contributed by atoms with van der Waals surface area (Å²) >= 11 is 3.25. The van der Waals surface area contributed by atoms with Crippen LogP contribution >= 0.6 is 15.9 Å². The number of rotatable bonds is 4. The molecule has 5 nitrogen and oxygen atoms in total. The third-order valence-electron chi connectivity index (χ3n) is 1.81. The molecule has 0 aliphatic rings. The lowest BCUT2D eigenvalue weighted by Crippen LogP contribution is -2.31. The Hall–Kier alpha value is -1.58. The van der Waals surface area contributed by atoms with Crippen LogP contribution < -0.4 is 16.0 Å². The highest BCUT2D eigenvalue weighted by molar-refractivity contribution is 9.10. The van der Waals surface area contributed by atoms with Gasteiger partial charge in [-0.15, -0.1) is 0 Å². The maximum atomic E-state index is 10.8. The summed E-state index contributed by atoms with van der Waals surface area (Å²) in [4.78, 5) is 10.8. The molecule has 0 aliphatic carbocycles. The quantitative estimate of drug-likeness (QED) is 0.492. The van der Waals surface area contributed by atoms with Crippen LogP contribution in [0.5, 0.6) is 5.75 Å². The van der Waals surface area contributed by atoms with Gasteiger partial charge in [0.25, 0.3) is 0 Å². The average Bonchev–Trinajstić information content (AvgIpc) is 2.30. The lowest BCUT2D eigenvalue weighted by Gasteiger charge is -2.07. The summed E-state index contributed by atoms with van der Waals surface area (Å²) in [6.45, 7) is 0.180. The number of carbonyl (C=O) groups is 1. The first-order valence-electron chi connectivity index (χ1n) is 4.49. The van der Waals surface area contributed by atoms with Gasteiger partial charge in [-0.05, 0) is 18.2 Å². The second-order valence-corrected chi connectivity index (χ2v) is 3.83. The maximum Gasteiger partial charge on any atom is 0.237 e. The van der Waals surface area contributed by atoms with E-state index in [1.54, 1.807) is 18.2 Å². The summed E-state index contributed by atoms with van der Waals surface area (Å²) < 4.78 is 6.10. The fourth-order valence-corrected chi connectivity index (χ4v) is 1.40. The molecule has 0 fully saturated rings. The van der Waals surface area contributed by atoms with E-state index in [1.807, 2.05) is 11.5 Å². The van der Waals surface area contributed by atoms with Gasteiger partial charge in [-0.25, -0.2) is 5.84 Å². The fourth-order valence-electron chi connectivity index (χ4n) is 1.04. The van der Waals surface area contributed by atoms with Gasteiger partial charge >= 0.3 is 0 Å². The van der Waals surface area contributed by atoms with Crippen molar-refractivity contribution in [1.29, 1.82) is 5.26 Å². The van der Waals surface area contributed by atoms with E-state index >= 15 is 0 Å². The van der Waals surface area contributed by atoms with Gasteiger partial charge in [-0.3, -0.25) is 10.2 Å². The van der Waals surface area contributed by atoms with Gasteiger partial charge in [0, 0.05) is 4.47 Å². The number of carbonyl (C=O) groups excluding carboxylic acids is 1. The monoisotopic (exact) mass is 283 g/mol. The highest BCUT2D eigenvalue weighted by Crippen LogP contribution is 2.22. The molecule has 0 spiro atoms. The van der Waals surface area contributed by atoms with Gasteiger partial charge in [0.1, 0.15) is 11.8 Å². The van der Waals surface area contributed by atoms with E-state index in [2.05, 4.69) is 15.9 Å². The van der Waals surface area contributed by atoms with Crippen LogP contribution in [0.15, 0.2) is 22.7 Å². The Morgan fingerprint density at radius 3 is 3.00 bits per heavy atom. The van der Waals surface area contributed by atoms with E-state index < -0.39 is 0 Å². The molecule has 84 valence electrons. The number of halogens is 1. The topological polar surface area (TPSA) is 88.1 Å². The first-order valence-corrected chi connectivity index (χ1v) is 5.28. The van der Waals surface area contributed by atoms with Gasteiger partial charge in [0.15, 0.2) is 0 Å². The third-order valence-corrected chi connectivity index (χ3v) is 2.30. The van der Waals surface area contributed by atoms with Gasteiger partial charge < -0.3 is 4.74 Å². The Bertz CT molecular complexity index is 429. The molecule has 0 unspecified atom stereocenters. The van der Waals surface area contributed by atoms with Crippen LogP contribution in [0.2, 0.25) is 0 Å². The number of ether oxygens (including phenoxy) is 1. The van der Waals surface area contributed by atoms with Gasteiger partial charge in [-0.2, -0.15) is 5.26 Å². The van der Waals surface area contributed by atoms with Gasteiger partial charge in [0.2, 0.25) is 5.91 Å². The molecule has 1 amide bonds. The summed E-state index contributed by atoms with van der Waals surface area (Å²) in [5, 5.41) is 8.85. The van der Waals surface area contributed by atoms with E-state index in [9.17, 15) is 4.79 Å². The van der Waals surface area contributed by atoms with E-state index in [0.717, 1.165) is 4.47 Å². The number of hydrazine groups is 1.